The molecule has 11 heteroatoms. The summed E-state index contributed by atoms with van der Waals surface area (Å²) >= 11 is 6.05. The second-order valence-corrected chi connectivity index (χ2v) is 9.96. The minimum absolute atomic E-state index is 0.0799. The van der Waals surface area contributed by atoms with Gasteiger partial charge in [-0.15, -0.1) is 0 Å². The first-order valence-electron chi connectivity index (χ1n) is 13.4. The number of furan rings is 1. The van der Waals surface area contributed by atoms with Gasteiger partial charge in [-0.05, 0) is 66.8 Å². The fourth-order valence-electron chi connectivity index (χ4n) is 4.66. The summed E-state index contributed by atoms with van der Waals surface area (Å²) in [4.78, 5) is 41.5. The number of carbonyl (C=O) groups is 3. The minimum atomic E-state index is -1.03. The monoisotopic (exact) mass is 583 g/mol. The Morgan fingerprint density at radius 3 is 2.49 bits per heavy atom. The lowest BCUT2D eigenvalue weighted by molar-refractivity contribution is -0.140. The summed E-state index contributed by atoms with van der Waals surface area (Å²) in [5, 5.41) is 6.16. The molecule has 1 aliphatic rings. The molecule has 2 atom stereocenters. The number of nitrogens with zero attached hydrogens (tertiary/aromatic N) is 1. The van der Waals surface area contributed by atoms with Gasteiger partial charge < -0.3 is 34.2 Å². The van der Waals surface area contributed by atoms with Gasteiger partial charge in [0.1, 0.15) is 6.04 Å². The zero-order chi connectivity index (χ0) is 29.2. The molecule has 3 aromatic rings. The van der Waals surface area contributed by atoms with E-state index in [1.807, 2.05) is 12.1 Å². The van der Waals surface area contributed by atoms with Gasteiger partial charge in [-0.2, -0.15) is 0 Å². The number of halogens is 1. The Morgan fingerprint density at radius 1 is 1.05 bits per heavy atom. The van der Waals surface area contributed by atoms with Crippen LogP contribution in [0.3, 0.4) is 0 Å². The lowest BCUT2D eigenvalue weighted by Crippen LogP contribution is -2.49. The largest absolute Gasteiger partial charge is 0.493 e. The zero-order valence-electron chi connectivity index (χ0n) is 23.1. The first kappa shape index (κ1) is 30.0. The molecule has 2 unspecified atom stereocenters. The van der Waals surface area contributed by atoms with Crippen molar-refractivity contribution in [3.05, 3.63) is 82.8 Å². The summed E-state index contributed by atoms with van der Waals surface area (Å²) in [7, 11) is 3.02. The molecule has 0 spiro atoms. The number of hydrogen-bond acceptors (Lipinski definition) is 7. The van der Waals surface area contributed by atoms with E-state index in [9.17, 15) is 14.4 Å². The second-order valence-electron chi connectivity index (χ2n) is 9.52. The van der Waals surface area contributed by atoms with Gasteiger partial charge in [-0.3, -0.25) is 14.4 Å². The van der Waals surface area contributed by atoms with Crippen molar-refractivity contribution in [3.63, 3.8) is 0 Å². The fraction of sp³-hybridized carbons (Fsp3) is 0.367. The van der Waals surface area contributed by atoms with Gasteiger partial charge in [0.15, 0.2) is 17.3 Å². The van der Waals surface area contributed by atoms with E-state index in [1.54, 1.807) is 36.4 Å². The summed E-state index contributed by atoms with van der Waals surface area (Å²) in [6.45, 7) is 0.810. The van der Waals surface area contributed by atoms with Crippen molar-refractivity contribution in [3.8, 4) is 11.5 Å². The highest BCUT2D eigenvalue weighted by Crippen LogP contribution is 2.32. The van der Waals surface area contributed by atoms with Gasteiger partial charge >= 0.3 is 0 Å². The van der Waals surface area contributed by atoms with Crippen molar-refractivity contribution in [1.82, 2.24) is 15.5 Å². The maximum Gasteiger partial charge on any atom is 0.287 e. The van der Waals surface area contributed by atoms with Crippen LogP contribution in [0.15, 0.2) is 65.3 Å². The van der Waals surface area contributed by atoms with E-state index in [0.717, 1.165) is 18.4 Å². The standard InChI is InChI=1S/C30H34ClN3O7/c1-38-24-12-9-21(17-26(24)39-2)28(30(37)32-18-23-5-3-15-40-23)34(14-13-20-7-10-22(31)11-8-20)27(35)19-33-29(36)25-6-4-16-41-25/h4,6-12,16-17,23,28H,3,5,13-15,18-19H2,1-2H3,(H,32,37)(H,33,36). The van der Waals surface area contributed by atoms with Crippen LogP contribution in [0.25, 0.3) is 0 Å². The summed E-state index contributed by atoms with van der Waals surface area (Å²) in [6, 6.07) is 14.4. The Hall–Kier alpha value is -4.02. The molecule has 3 amide bonds. The highest BCUT2D eigenvalue weighted by atomic mass is 35.5. The highest BCUT2D eigenvalue weighted by molar-refractivity contribution is 6.30. The summed E-state index contributed by atoms with van der Waals surface area (Å²) < 4.78 is 21.7. The van der Waals surface area contributed by atoms with Crippen molar-refractivity contribution < 1.29 is 33.0 Å². The first-order valence-corrected chi connectivity index (χ1v) is 13.7. The van der Waals surface area contributed by atoms with E-state index in [2.05, 4.69) is 10.6 Å². The van der Waals surface area contributed by atoms with Crippen LogP contribution < -0.4 is 20.1 Å². The molecule has 0 saturated carbocycles. The quantitative estimate of drug-likeness (QED) is 0.314. The number of nitrogens with one attached hydrogen (secondary N) is 2. The number of rotatable bonds is 13. The third kappa shape index (κ3) is 8.02. The van der Waals surface area contributed by atoms with Crippen LogP contribution in [0.4, 0.5) is 0 Å². The molecule has 1 saturated heterocycles. The Morgan fingerprint density at radius 2 is 1.83 bits per heavy atom. The second kappa shape index (κ2) is 14.6. The zero-order valence-corrected chi connectivity index (χ0v) is 23.8. The molecule has 4 rings (SSSR count). The number of carbonyl (C=O) groups excluding carboxylic acids is 3. The van der Waals surface area contributed by atoms with Crippen LogP contribution >= 0.6 is 11.6 Å². The maximum atomic E-state index is 13.8. The fourth-order valence-corrected chi connectivity index (χ4v) is 4.79. The molecule has 1 aliphatic heterocycles. The van der Waals surface area contributed by atoms with E-state index in [0.29, 0.717) is 41.7 Å². The van der Waals surface area contributed by atoms with Gasteiger partial charge in [0.05, 0.1) is 33.1 Å². The van der Waals surface area contributed by atoms with Crippen LogP contribution in [-0.4, -0.2) is 69.2 Å². The summed E-state index contributed by atoms with van der Waals surface area (Å²) in [5.41, 5.74) is 1.45. The summed E-state index contributed by atoms with van der Waals surface area (Å²) in [6.07, 6.45) is 3.51. The number of ether oxygens (including phenoxy) is 3. The maximum absolute atomic E-state index is 13.8. The van der Waals surface area contributed by atoms with E-state index in [1.165, 1.54) is 31.4 Å². The van der Waals surface area contributed by atoms with E-state index < -0.39 is 17.9 Å². The average Bonchev–Trinajstić information content (AvgIpc) is 3.72. The van der Waals surface area contributed by atoms with Gasteiger partial charge in [-0.1, -0.05) is 29.8 Å². The Labute approximate surface area is 243 Å². The van der Waals surface area contributed by atoms with Crippen molar-refractivity contribution in [1.29, 1.82) is 0 Å². The third-order valence-corrected chi connectivity index (χ3v) is 7.08. The van der Waals surface area contributed by atoms with Crippen molar-refractivity contribution in [2.24, 2.45) is 0 Å². The molecule has 1 fully saturated rings. The lowest BCUT2D eigenvalue weighted by atomic mass is 10.0. The number of hydrogen-bond donors (Lipinski definition) is 2. The number of methoxy groups -OCH3 is 2. The number of benzene rings is 2. The molecule has 2 heterocycles. The first-order chi connectivity index (χ1) is 19.9. The Bertz CT molecular complexity index is 1310. The SMILES string of the molecule is COc1ccc(C(C(=O)NCC2CCCO2)N(CCc2ccc(Cl)cc2)C(=O)CNC(=O)c2ccco2)cc1OC. The van der Waals surface area contributed by atoms with Gasteiger partial charge in [-0.25, -0.2) is 0 Å². The van der Waals surface area contributed by atoms with E-state index >= 15 is 0 Å². The molecule has 1 aromatic heterocycles. The molecule has 218 valence electrons. The lowest BCUT2D eigenvalue weighted by Gasteiger charge is -2.32. The van der Waals surface area contributed by atoms with Gasteiger partial charge in [0.25, 0.3) is 5.91 Å². The van der Waals surface area contributed by atoms with Crippen LogP contribution in [0.2, 0.25) is 5.02 Å². The van der Waals surface area contributed by atoms with Crippen molar-refractivity contribution in [2.75, 3.05) is 40.5 Å². The molecule has 41 heavy (non-hydrogen) atoms. The predicted molar refractivity (Wildman–Crippen MR) is 152 cm³/mol. The van der Waals surface area contributed by atoms with Crippen LogP contribution in [-0.2, 0) is 20.7 Å². The minimum Gasteiger partial charge on any atom is -0.493 e. The molecular weight excluding hydrogens is 550 g/mol. The highest BCUT2D eigenvalue weighted by Gasteiger charge is 2.33. The predicted octanol–water partition coefficient (Wildman–Crippen LogP) is 3.79. The Kier molecular flexibility index (Phi) is 10.6. The van der Waals surface area contributed by atoms with Crippen LogP contribution in [0.5, 0.6) is 11.5 Å². The Balaban J connectivity index is 1.64. The van der Waals surface area contributed by atoms with Crippen molar-refractivity contribution in [2.45, 2.75) is 31.4 Å². The van der Waals surface area contributed by atoms with E-state index in [4.69, 9.17) is 30.2 Å². The molecule has 0 radical (unpaired) electrons. The summed E-state index contributed by atoms with van der Waals surface area (Å²) in [5.74, 6) is -0.388. The molecular formula is C30H34ClN3O7. The molecule has 0 aliphatic carbocycles. The number of amides is 3. The topological polar surface area (TPSA) is 119 Å². The van der Waals surface area contributed by atoms with Crippen LogP contribution in [0.1, 0.15) is 40.6 Å². The van der Waals surface area contributed by atoms with Gasteiger partial charge in [0.2, 0.25) is 11.8 Å². The smallest absolute Gasteiger partial charge is 0.287 e. The van der Waals surface area contributed by atoms with Crippen molar-refractivity contribution >= 4 is 29.3 Å². The van der Waals surface area contributed by atoms with Crippen LogP contribution in [0, 0.1) is 0 Å². The normalized spacial score (nSPS) is 15.1. The molecule has 0 bridgehead atoms. The average molecular weight is 584 g/mol. The third-order valence-electron chi connectivity index (χ3n) is 6.83. The van der Waals surface area contributed by atoms with Gasteiger partial charge in [0, 0.05) is 24.7 Å². The molecule has 10 nitrogen and oxygen atoms in total. The molecule has 2 aromatic carbocycles. The van der Waals surface area contributed by atoms with E-state index in [-0.39, 0.29) is 30.9 Å². The molecule has 2 N–H and O–H groups in total.